The molecule has 0 aromatic heterocycles. The molecule has 10 heteroatoms. The fourth-order valence-corrected chi connectivity index (χ4v) is 4.96. The zero-order chi connectivity index (χ0) is 29.9. The van der Waals surface area contributed by atoms with Crippen LogP contribution in [0.15, 0.2) is 84.9 Å². The number of carbonyl (C=O) groups is 3. The predicted molar refractivity (Wildman–Crippen MR) is 150 cm³/mol. The standard InChI is InChI=1S/C32H31NO9/c1-33(2)17-18-39-24-15-13-22(14-16-24)27(21-9-5-3-6-10-21)28(23-11-7-4-8-12-23)32-30(37)40-25(34)19-31(38,29(36)42-32)20-26(35)41-32/h3-16,30,37-38H,17-20H2,1-2H3/b28-27+. The van der Waals surface area contributed by atoms with E-state index in [1.165, 1.54) is 0 Å². The lowest BCUT2D eigenvalue weighted by Crippen LogP contribution is -2.56. The maximum atomic E-state index is 13.4. The average Bonchev–Trinajstić information content (AvgIpc) is 3.03. The molecule has 42 heavy (non-hydrogen) atoms. The van der Waals surface area contributed by atoms with E-state index in [-0.39, 0.29) is 5.57 Å². The summed E-state index contributed by atoms with van der Waals surface area (Å²) in [5, 5.41) is 22.4. The second kappa shape index (κ2) is 11.8. The van der Waals surface area contributed by atoms with Crippen molar-refractivity contribution in [3.63, 3.8) is 0 Å². The molecule has 2 fully saturated rings. The molecule has 0 radical (unpaired) electrons. The van der Waals surface area contributed by atoms with Gasteiger partial charge < -0.3 is 34.1 Å². The third-order valence-electron chi connectivity index (χ3n) is 7.01. The number of nitrogens with zero attached hydrogens (tertiary/aromatic N) is 1. The van der Waals surface area contributed by atoms with Gasteiger partial charge in [-0.25, -0.2) is 4.79 Å². The van der Waals surface area contributed by atoms with Crippen LogP contribution in [0.3, 0.4) is 0 Å². The summed E-state index contributed by atoms with van der Waals surface area (Å²) in [6.07, 6.45) is -4.01. The number of carbonyl (C=O) groups excluding carboxylic acids is 3. The second-order valence-electron chi connectivity index (χ2n) is 10.4. The van der Waals surface area contributed by atoms with Gasteiger partial charge >= 0.3 is 23.7 Å². The number of hydrogen-bond acceptors (Lipinski definition) is 10. The van der Waals surface area contributed by atoms with Crippen LogP contribution in [0, 0.1) is 0 Å². The Labute approximate surface area is 242 Å². The summed E-state index contributed by atoms with van der Waals surface area (Å²) >= 11 is 0. The third kappa shape index (κ3) is 5.78. The van der Waals surface area contributed by atoms with Crippen LogP contribution in [0.1, 0.15) is 29.5 Å². The van der Waals surface area contributed by atoms with Crippen LogP contribution in [0.2, 0.25) is 0 Å². The third-order valence-corrected chi connectivity index (χ3v) is 7.01. The zero-order valence-electron chi connectivity index (χ0n) is 23.2. The van der Waals surface area contributed by atoms with Gasteiger partial charge in [0.25, 0.3) is 6.29 Å². The fourth-order valence-electron chi connectivity index (χ4n) is 4.96. The Morgan fingerprint density at radius 3 is 2.02 bits per heavy atom. The highest BCUT2D eigenvalue weighted by molar-refractivity contribution is 6.03. The van der Waals surface area contributed by atoms with Crippen LogP contribution < -0.4 is 4.74 Å². The summed E-state index contributed by atoms with van der Waals surface area (Å²) in [7, 11) is 3.89. The van der Waals surface area contributed by atoms with E-state index in [2.05, 4.69) is 0 Å². The maximum absolute atomic E-state index is 13.4. The van der Waals surface area contributed by atoms with Gasteiger partial charge in [0.15, 0.2) is 5.60 Å². The molecule has 0 spiro atoms. The number of aliphatic hydroxyl groups excluding tert-OH is 1. The van der Waals surface area contributed by atoms with Crippen molar-refractivity contribution in [1.29, 1.82) is 0 Å². The first-order valence-corrected chi connectivity index (χ1v) is 13.4. The summed E-state index contributed by atoms with van der Waals surface area (Å²) in [6, 6.07) is 24.7. The first-order chi connectivity index (χ1) is 20.1. The second-order valence-corrected chi connectivity index (χ2v) is 10.4. The Balaban J connectivity index is 1.79. The first kappa shape index (κ1) is 29.0. The molecule has 218 valence electrons. The molecule has 0 saturated carbocycles. The smallest absolute Gasteiger partial charge is 0.347 e. The number of aliphatic hydroxyl groups is 2. The summed E-state index contributed by atoms with van der Waals surface area (Å²) in [5.41, 5.74) is -0.506. The largest absolute Gasteiger partial charge is 0.492 e. The van der Waals surface area contributed by atoms with E-state index >= 15 is 0 Å². The van der Waals surface area contributed by atoms with E-state index in [0.717, 1.165) is 6.54 Å². The van der Waals surface area contributed by atoms with Gasteiger partial charge in [-0.15, -0.1) is 0 Å². The van der Waals surface area contributed by atoms with Crippen LogP contribution in [-0.2, 0) is 28.6 Å². The van der Waals surface area contributed by atoms with E-state index in [1.807, 2.05) is 25.1 Å². The number of benzene rings is 3. The van der Waals surface area contributed by atoms with Crippen molar-refractivity contribution in [3.8, 4) is 5.75 Å². The molecule has 0 aliphatic carbocycles. The van der Waals surface area contributed by atoms with Gasteiger partial charge in [-0.3, -0.25) is 9.59 Å². The average molecular weight is 574 g/mol. The minimum absolute atomic E-state index is 0.0312. The van der Waals surface area contributed by atoms with Crippen molar-refractivity contribution < 1.29 is 43.5 Å². The van der Waals surface area contributed by atoms with Crippen molar-refractivity contribution in [2.75, 3.05) is 27.2 Å². The highest BCUT2D eigenvalue weighted by atomic mass is 16.8. The monoisotopic (exact) mass is 573 g/mol. The lowest BCUT2D eigenvalue weighted by molar-refractivity contribution is -0.286. The Morgan fingerprint density at radius 1 is 0.833 bits per heavy atom. The number of rotatable bonds is 8. The number of esters is 3. The van der Waals surface area contributed by atoms with Gasteiger partial charge in [-0.05, 0) is 42.9 Å². The Kier molecular flexibility index (Phi) is 8.13. The van der Waals surface area contributed by atoms with Gasteiger partial charge in [0.05, 0.1) is 18.4 Å². The molecule has 3 unspecified atom stereocenters. The van der Waals surface area contributed by atoms with Crippen molar-refractivity contribution >= 4 is 29.1 Å². The molecule has 2 saturated heterocycles. The fraction of sp³-hybridized carbons (Fsp3) is 0.281. The number of ether oxygens (including phenoxy) is 4. The summed E-state index contributed by atoms with van der Waals surface area (Å²) in [4.78, 5) is 41.2. The molecule has 2 heterocycles. The van der Waals surface area contributed by atoms with Crippen LogP contribution in [0.25, 0.3) is 11.1 Å². The minimum Gasteiger partial charge on any atom is -0.492 e. The zero-order valence-corrected chi connectivity index (χ0v) is 23.2. The van der Waals surface area contributed by atoms with Crippen LogP contribution in [0.5, 0.6) is 5.75 Å². The van der Waals surface area contributed by atoms with Gasteiger partial charge in [-0.2, -0.15) is 0 Å². The molecule has 2 aliphatic rings. The van der Waals surface area contributed by atoms with Crippen LogP contribution in [-0.4, -0.2) is 77.9 Å². The Hall–Kier alpha value is -4.51. The van der Waals surface area contributed by atoms with Crippen LogP contribution >= 0.6 is 0 Å². The Bertz CT molecular complexity index is 1490. The van der Waals surface area contributed by atoms with Gasteiger partial charge in [0.1, 0.15) is 12.4 Å². The molecule has 2 aliphatic heterocycles. The van der Waals surface area contributed by atoms with E-state index in [1.54, 1.807) is 78.9 Å². The quantitative estimate of drug-likeness (QED) is 0.306. The molecule has 10 nitrogen and oxygen atoms in total. The molecule has 3 aromatic rings. The maximum Gasteiger partial charge on any atom is 0.347 e. The molecule has 0 amide bonds. The Morgan fingerprint density at radius 2 is 1.40 bits per heavy atom. The molecular formula is C32H31NO9. The summed E-state index contributed by atoms with van der Waals surface area (Å²) in [6.45, 7) is 1.19. The number of likely N-dealkylation sites (N-methyl/N-ethyl adjacent to an activating group) is 1. The van der Waals surface area contributed by atoms with E-state index < -0.39 is 48.4 Å². The number of fused-ring (bicyclic) bond motifs is 3. The van der Waals surface area contributed by atoms with Crippen molar-refractivity contribution in [2.24, 2.45) is 0 Å². The highest BCUT2D eigenvalue weighted by Gasteiger charge is 2.62. The van der Waals surface area contributed by atoms with Gasteiger partial charge in [0.2, 0.25) is 0 Å². The predicted octanol–water partition coefficient (Wildman–Crippen LogP) is 2.77. The molecule has 3 atom stereocenters. The molecule has 3 aromatic carbocycles. The van der Waals surface area contributed by atoms with Crippen molar-refractivity contribution in [1.82, 2.24) is 4.90 Å². The van der Waals surface area contributed by atoms with Crippen molar-refractivity contribution in [2.45, 2.75) is 30.5 Å². The van der Waals surface area contributed by atoms with E-state index in [9.17, 15) is 24.6 Å². The van der Waals surface area contributed by atoms with Gasteiger partial charge in [-0.1, -0.05) is 72.8 Å². The normalized spacial score (nSPS) is 24.5. The first-order valence-electron chi connectivity index (χ1n) is 13.4. The topological polar surface area (TPSA) is 132 Å². The highest BCUT2D eigenvalue weighted by Crippen LogP contribution is 2.47. The summed E-state index contributed by atoms with van der Waals surface area (Å²) < 4.78 is 22.5. The SMILES string of the molecule is CN(C)CCOc1ccc(/C(=C(\c2ccccc2)C23OC(=O)CC(O)(CC(=O)OC2O)C(=O)O3)c2ccccc2)cc1. The minimum atomic E-state index is -2.66. The molecular weight excluding hydrogens is 542 g/mol. The van der Waals surface area contributed by atoms with Crippen molar-refractivity contribution in [3.05, 3.63) is 102 Å². The van der Waals surface area contributed by atoms with Crippen LogP contribution in [0.4, 0.5) is 0 Å². The number of cyclic esters (lactones) is 1. The summed E-state index contributed by atoms with van der Waals surface area (Å²) in [5.74, 6) is -5.51. The molecule has 5 rings (SSSR count). The van der Waals surface area contributed by atoms with E-state index in [0.29, 0.717) is 34.6 Å². The molecule has 2 bridgehead atoms. The molecule has 2 N–H and O–H groups in total. The lowest BCUT2D eigenvalue weighted by atomic mass is 9.84. The van der Waals surface area contributed by atoms with Gasteiger partial charge in [0, 0.05) is 12.1 Å². The lowest BCUT2D eigenvalue weighted by Gasteiger charge is -2.39. The number of hydrogen-bond donors (Lipinski definition) is 2. The van der Waals surface area contributed by atoms with E-state index in [4.69, 9.17) is 18.9 Å².